The molecule has 19 heavy (non-hydrogen) atoms. The fraction of sp³-hybridized carbons (Fsp3) is 0.125. The van der Waals surface area contributed by atoms with E-state index in [1.54, 1.807) is 13.2 Å². The Kier molecular flexibility index (Phi) is 2.95. The van der Waals surface area contributed by atoms with E-state index >= 15 is 0 Å². The number of benzene rings is 2. The van der Waals surface area contributed by atoms with Crippen molar-refractivity contribution >= 4 is 10.9 Å². The number of nitrogens with zero attached hydrogens (tertiary/aromatic N) is 1. The first-order valence-electron chi connectivity index (χ1n) is 6.13. The highest BCUT2D eigenvalue weighted by Crippen LogP contribution is 2.19. The Bertz CT molecular complexity index is 700. The normalized spacial score (nSPS) is 10.8. The SMILES string of the molecule is COc1ccc(Cn2ccc3cc(F)ccc32)cc1. The minimum atomic E-state index is -0.199. The molecule has 2 nitrogen and oxygen atoms in total. The molecule has 2 aromatic carbocycles. The van der Waals surface area contributed by atoms with E-state index in [9.17, 15) is 4.39 Å². The number of methoxy groups -OCH3 is 1. The van der Waals surface area contributed by atoms with E-state index < -0.39 is 0 Å². The van der Waals surface area contributed by atoms with Gasteiger partial charge in [-0.1, -0.05) is 12.1 Å². The average molecular weight is 255 g/mol. The van der Waals surface area contributed by atoms with Crippen molar-refractivity contribution in [3.63, 3.8) is 0 Å². The predicted molar refractivity (Wildman–Crippen MR) is 74.0 cm³/mol. The summed E-state index contributed by atoms with van der Waals surface area (Å²) in [5.41, 5.74) is 2.22. The van der Waals surface area contributed by atoms with Gasteiger partial charge >= 0.3 is 0 Å². The predicted octanol–water partition coefficient (Wildman–Crippen LogP) is 3.84. The van der Waals surface area contributed by atoms with Crippen molar-refractivity contribution in [1.82, 2.24) is 4.57 Å². The highest BCUT2D eigenvalue weighted by atomic mass is 19.1. The van der Waals surface area contributed by atoms with Crippen LogP contribution in [-0.4, -0.2) is 11.7 Å². The lowest BCUT2D eigenvalue weighted by Crippen LogP contribution is -1.97. The molecule has 0 saturated heterocycles. The molecule has 0 radical (unpaired) electrons. The van der Waals surface area contributed by atoms with Gasteiger partial charge in [-0.05, 0) is 42.0 Å². The maximum absolute atomic E-state index is 13.1. The summed E-state index contributed by atoms with van der Waals surface area (Å²) in [7, 11) is 1.66. The zero-order chi connectivity index (χ0) is 13.2. The Morgan fingerprint density at radius 3 is 2.58 bits per heavy atom. The second kappa shape index (κ2) is 4.76. The zero-order valence-corrected chi connectivity index (χ0v) is 10.6. The van der Waals surface area contributed by atoms with E-state index in [2.05, 4.69) is 4.57 Å². The summed E-state index contributed by atoms with van der Waals surface area (Å²) in [6.07, 6.45) is 1.98. The molecular weight excluding hydrogens is 241 g/mol. The molecule has 96 valence electrons. The van der Waals surface area contributed by atoms with Crippen LogP contribution in [0, 0.1) is 5.82 Å². The van der Waals surface area contributed by atoms with Gasteiger partial charge in [0.15, 0.2) is 0 Å². The van der Waals surface area contributed by atoms with Crippen molar-refractivity contribution < 1.29 is 9.13 Å². The molecule has 0 spiro atoms. The van der Waals surface area contributed by atoms with Crippen molar-refractivity contribution in [2.24, 2.45) is 0 Å². The summed E-state index contributed by atoms with van der Waals surface area (Å²) in [4.78, 5) is 0. The molecule has 1 aromatic heterocycles. The molecular formula is C16H14FNO. The molecule has 0 atom stereocenters. The third kappa shape index (κ3) is 2.32. The Balaban J connectivity index is 1.92. The summed E-state index contributed by atoms with van der Waals surface area (Å²) in [5.74, 6) is 0.651. The third-order valence-electron chi connectivity index (χ3n) is 3.25. The van der Waals surface area contributed by atoms with Gasteiger partial charge in [0.05, 0.1) is 7.11 Å². The maximum atomic E-state index is 13.1. The minimum Gasteiger partial charge on any atom is -0.497 e. The summed E-state index contributed by atoms with van der Waals surface area (Å²) >= 11 is 0. The van der Waals surface area contributed by atoms with Gasteiger partial charge in [0.25, 0.3) is 0 Å². The van der Waals surface area contributed by atoms with Gasteiger partial charge in [0.2, 0.25) is 0 Å². The van der Waals surface area contributed by atoms with E-state index in [4.69, 9.17) is 4.74 Å². The molecule has 1 heterocycles. The van der Waals surface area contributed by atoms with Gasteiger partial charge in [-0.25, -0.2) is 4.39 Å². The molecule has 3 rings (SSSR count). The van der Waals surface area contributed by atoms with Gasteiger partial charge < -0.3 is 9.30 Å². The van der Waals surface area contributed by atoms with E-state index in [0.29, 0.717) is 0 Å². The van der Waals surface area contributed by atoms with Gasteiger partial charge in [0, 0.05) is 23.6 Å². The lowest BCUT2D eigenvalue weighted by Gasteiger charge is -2.07. The second-order valence-corrected chi connectivity index (χ2v) is 4.49. The van der Waals surface area contributed by atoms with Crippen LogP contribution in [0.25, 0.3) is 10.9 Å². The number of hydrogen-bond acceptors (Lipinski definition) is 1. The first kappa shape index (κ1) is 11.8. The van der Waals surface area contributed by atoms with Gasteiger partial charge in [-0.15, -0.1) is 0 Å². The van der Waals surface area contributed by atoms with E-state index in [-0.39, 0.29) is 5.82 Å². The third-order valence-corrected chi connectivity index (χ3v) is 3.25. The van der Waals surface area contributed by atoms with Crippen LogP contribution in [0.3, 0.4) is 0 Å². The molecule has 0 amide bonds. The molecule has 0 aliphatic carbocycles. The molecule has 3 heteroatoms. The number of aromatic nitrogens is 1. The number of halogens is 1. The minimum absolute atomic E-state index is 0.199. The van der Waals surface area contributed by atoms with Crippen LogP contribution in [0.2, 0.25) is 0 Å². The number of fused-ring (bicyclic) bond motifs is 1. The van der Waals surface area contributed by atoms with Crippen molar-refractivity contribution in [3.05, 3.63) is 66.1 Å². The van der Waals surface area contributed by atoms with Crippen molar-refractivity contribution in [2.45, 2.75) is 6.54 Å². The quantitative estimate of drug-likeness (QED) is 0.693. The fourth-order valence-corrected chi connectivity index (χ4v) is 2.24. The largest absolute Gasteiger partial charge is 0.497 e. The average Bonchev–Trinajstić information content (AvgIpc) is 2.82. The Morgan fingerprint density at radius 1 is 1.05 bits per heavy atom. The van der Waals surface area contributed by atoms with Gasteiger partial charge in [-0.2, -0.15) is 0 Å². The number of ether oxygens (including phenoxy) is 1. The van der Waals surface area contributed by atoms with Crippen LogP contribution < -0.4 is 4.74 Å². The lowest BCUT2D eigenvalue weighted by molar-refractivity contribution is 0.414. The van der Waals surface area contributed by atoms with Crippen LogP contribution in [0.5, 0.6) is 5.75 Å². The summed E-state index contributed by atoms with van der Waals surface area (Å²) in [6, 6.07) is 14.8. The molecule has 0 fully saturated rings. The Labute approximate surface area is 111 Å². The molecule has 0 saturated carbocycles. The topological polar surface area (TPSA) is 14.2 Å². The first-order chi connectivity index (χ1) is 9.26. The zero-order valence-electron chi connectivity index (χ0n) is 10.6. The summed E-state index contributed by atoms with van der Waals surface area (Å²) in [5, 5.41) is 0.925. The van der Waals surface area contributed by atoms with Crippen LogP contribution in [0.15, 0.2) is 54.7 Å². The lowest BCUT2D eigenvalue weighted by atomic mass is 10.2. The van der Waals surface area contributed by atoms with Crippen LogP contribution in [0.4, 0.5) is 4.39 Å². The van der Waals surface area contributed by atoms with Gasteiger partial charge in [-0.3, -0.25) is 0 Å². The van der Waals surface area contributed by atoms with Crippen molar-refractivity contribution in [2.75, 3.05) is 7.11 Å². The molecule has 0 N–H and O–H groups in total. The standard InChI is InChI=1S/C16H14FNO/c1-19-15-5-2-12(3-6-15)11-18-9-8-13-10-14(17)4-7-16(13)18/h2-10H,11H2,1H3. The molecule has 3 aromatic rings. The van der Waals surface area contributed by atoms with Crippen LogP contribution in [0.1, 0.15) is 5.56 Å². The molecule has 0 bridgehead atoms. The molecule has 0 aliphatic heterocycles. The van der Waals surface area contributed by atoms with Crippen molar-refractivity contribution in [3.8, 4) is 5.75 Å². The van der Waals surface area contributed by atoms with E-state index in [1.165, 1.54) is 11.6 Å². The van der Waals surface area contributed by atoms with E-state index in [1.807, 2.05) is 42.6 Å². The highest BCUT2D eigenvalue weighted by molar-refractivity contribution is 5.80. The van der Waals surface area contributed by atoms with E-state index in [0.717, 1.165) is 23.2 Å². The monoisotopic (exact) mass is 255 g/mol. The number of hydrogen-bond donors (Lipinski definition) is 0. The maximum Gasteiger partial charge on any atom is 0.123 e. The van der Waals surface area contributed by atoms with Crippen LogP contribution >= 0.6 is 0 Å². The highest BCUT2D eigenvalue weighted by Gasteiger charge is 2.03. The fourth-order valence-electron chi connectivity index (χ4n) is 2.24. The Morgan fingerprint density at radius 2 is 1.84 bits per heavy atom. The Hall–Kier alpha value is -2.29. The smallest absolute Gasteiger partial charge is 0.123 e. The molecule has 0 aliphatic rings. The van der Waals surface area contributed by atoms with Crippen molar-refractivity contribution in [1.29, 1.82) is 0 Å². The second-order valence-electron chi connectivity index (χ2n) is 4.49. The number of rotatable bonds is 3. The first-order valence-corrected chi connectivity index (χ1v) is 6.13. The van der Waals surface area contributed by atoms with Crippen LogP contribution in [-0.2, 0) is 6.54 Å². The summed E-state index contributed by atoms with van der Waals surface area (Å²) in [6.45, 7) is 0.763. The summed E-state index contributed by atoms with van der Waals surface area (Å²) < 4.78 is 20.4. The van der Waals surface area contributed by atoms with Gasteiger partial charge in [0.1, 0.15) is 11.6 Å². The molecule has 0 unspecified atom stereocenters.